The Kier molecular flexibility index (Phi) is 5.00. The third-order valence-electron chi connectivity index (χ3n) is 8.75. The normalized spacial score (nSPS) is 44.9. The molecule has 1 aliphatic heterocycles. The maximum Gasteiger partial charge on any atom is 0.316 e. The van der Waals surface area contributed by atoms with Crippen molar-refractivity contribution in [1.82, 2.24) is 0 Å². The average molecular weight is 417 g/mol. The molecule has 8 atom stereocenters. The van der Waals surface area contributed by atoms with E-state index in [1.165, 1.54) is 24.3 Å². The number of hydrogen-bond donors (Lipinski definition) is 1. The summed E-state index contributed by atoms with van der Waals surface area (Å²) >= 11 is 0. The van der Waals surface area contributed by atoms with Gasteiger partial charge in [-0.25, -0.2) is 0 Å². The van der Waals surface area contributed by atoms with Gasteiger partial charge in [0.1, 0.15) is 6.10 Å². The minimum atomic E-state index is -0.989. The van der Waals surface area contributed by atoms with Crippen molar-refractivity contribution in [2.75, 3.05) is 7.11 Å². The molecule has 2 fully saturated rings. The molecule has 0 aromatic heterocycles. The predicted octanol–water partition coefficient (Wildman–Crippen LogP) is 2.99. The van der Waals surface area contributed by atoms with Crippen LogP contribution in [0.3, 0.4) is 0 Å². The van der Waals surface area contributed by atoms with Crippen molar-refractivity contribution in [3.63, 3.8) is 0 Å². The Balaban J connectivity index is 1.82. The Morgan fingerprint density at radius 1 is 1.33 bits per heavy atom. The lowest BCUT2D eigenvalue weighted by Crippen LogP contribution is -2.63. The predicted molar refractivity (Wildman–Crippen MR) is 109 cm³/mol. The summed E-state index contributed by atoms with van der Waals surface area (Å²) in [6.07, 6.45) is 4.08. The van der Waals surface area contributed by atoms with E-state index in [0.717, 1.165) is 12.8 Å². The van der Waals surface area contributed by atoms with E-state index in [0.29, 0.717) is 12.3 Å². The number of aliphatic hydroxyl groups is 1. The Morgan fingerprint density at radius 3 is 2.63 bits per heavy atom. The zero-order chi connectivity index (χ0) is 22.0. The molecule has 1 unspecified atom stereocenters. The Hall–Kier alpha value is -1.95. The molecule has 0 bridgehead atoms. The van der Waals surface area contributed by atoms with Gasteiger partial charge in [-0.3, -0.25) is 14.4 Å². The molecule has 4 aliphatic rings. The van der Waals surface area contributed by atoms with Crippen LogP contribution in [0.5, 0.6) is 0 Å². The number of carbonyl (C=O) groups is 3. The van der Waals surface area contributed by atoms with Crippen LogP contribution in [0.15, 0.2) is 23.3 Å². The van der Waals surface area contributed by atoms with E-state index in [2.05, 4.69) is 13.8 Å². The van der Waals surface area contributed by atoms with E-state index in [-0.39, 0.29) is 18.1 Å². The second kappa shape index (κ2) is 7.04. The van der Waals surface area contributed by atoms with Crippen molar-refractivity contribution in [2.24, 2.45) is 34.5 Å². The average Bonchev–Trinajstić information content (AvgIpc) is 3.17. The standard InChI is InChI=1S/C24H32O6/c1-12-6-7-14(13(12)2)10-15-16(11-18(26)29-5)24(4)17(25)8-9-23(3)21(24)20(19(15)27)30-22(23)28/h8-9,12,15-16,19-21,27H,6-7,10-11H2,1-5H3/t12-,15+,16?,19+,20+,21+,23-,24+/m1/s1. The largest absolute Gasteiger partial charge is 0.469 e. The number of ether oxygens (including phenoxy) is 2. The Morgan fingerprint density at radius 2 is 2.03 bits per heavy atom. The maximum absolute atomic E-state index is 13.3. The molecule has 0 amide bonds. The molecule has 1 saturated heterocycles. The van der Waals surface area contributed by atoms with Gasteiger partial charge >= 0.3 is 11.9 Å². The fourth-order valence-electron chi connectivity index (χ4n) is 6.70. The molecule has 164 valence electrons. The van der Waals surface area contributed by atoms with Crippen molar-refractivity contribution in [3.05, 3.63) is 23.3 Å². The lowest BCUT2D eigenvalue weighted by atomic mass is 9.46. The van der Waals surface area contributed by atoms with Gasteiger partial charge < -0.3 is 14.6 Å². The van der Waals surface area contributed by atoms with E-state index in [9.17, 15) is 19.5 Å². The zero-order valence-electron chi connectivity index (χ0n) is 18.4. The first-order valence-corrected chi connectivity index (χ1v) is 10.9. The molecule has 6 nitrogen and oxygen atoms in total. The molecule has 0 radical (unpaired) electrons. The van der Waals surface area contributed by atoms with Crippen LogP contribution in [0.25, 0.3) is 0 Å². The quantitative estimate of drug-likeness (QED) is 0.560. The molecule has 0 aromatic rings. The van der Waals surface area contributed by atoms with Crippen molar-refractivity contribution >= 4 is 17.7 Å². The Bertz CT molecular complexity index is 856. The fraction of sp³-hybridized carbons (Fsp3) is 0.708. The van der Waals surface area contributed by atoms with Crippen LogP contribution in [-0.2, 0) is 23.9 Å². The summed E-state index contributed by atoms with van der Waals surface area (Å²) in [4.78, 5) is 38.5. The van der Waals surface area contributed by atoms with Gasteiger partial charge in [0.25, 0.3) is 0 Å². The number of methoxy groups -OCH3 is 1. The van der Waals surface area contributed by atoms with E-state index < -0.39 is 46.8 Å². The number of carbonyl (C=O) groups excluding carboxylic acids is 3. The van der Waals surface area contributed by atoms with Crippen LogP contribution >= 0.6 is 0 Å². The number of esters is 2. The van der Waals surface area contributed by atoms with E-state index >= 15 is 0 Å². The summed E-state index contributed by atoms with van der Waals surface area (Å²) in [6, 6.07) is 0. The molecule has 3 aliphatic carbocycles. The summed E-state index contributed by atoms with van der Waals surface area (Å²) in [6.45, 7) is 7.95. The summed E-state index contributed by atoms with van der Waals surface area (Å²) in [7, 11) is 1.34. The fourth-order valence-corrected chi connectivity index (χ4v) is 6.70. The monoisotopic (exact) mass is 416 g/mol. The number of allylic oxidation sites excluding steroid dienone is 3. The smallest absolute Gasteiger partial charge is 0.316 e. The maximum atomic E-state index is 13.3. The highest BCUT2D eigenvalue weighted by atomic mass is 16.6. The van der Waals surface area contributed by atoms with Gasteiger partial charge in [0.05, 0.1) is 18.6 Å². The molecule has 1 saturated carbocycles. The number of ketones is 1. The minimum absolute atomic E-state index is 0.0314. The zero-order valence-corrected chi connectivity index (χ0v) is 18.4. The summed E-state index contributed by atoms with van der Waals surface area (Å²) < 4.78 is 10.7. The molecular formula is C24H32O6. The SMILES string of the molecule is COC(=O)CC1[C@H](CC2=C(C)[C@H](C)CC2)[C@H](O)[C@@H]2OC(=O)[C@]3(C)C=CC(=O)[C@@]1(C)[C@@H]23. The highest BCUT2D eigenvalue weighted by molar-refractivity contribution is 6.00. The molecule has 6 heteroatoms. The van der Waals surface area contributed by atoms with Crippen LogP contribution in [0, 0.1) is 34.5 Å². The first kappa shape index (κ1) is 21.3. The van der Waals surface area contributed by atoms with Gasteiger partial charge in [0, 0.05) is 17.8 Å². The van der Waals surface area contributed by atoms with Gasteiger partial charge in [-0.15, -0.1) is 0 Å². The molecule has 1 N–H and O–H groups in total. The van der Waals surface area contributed by atoms with Crippen LogP contribution in [0.2, 0.25) is 0 Å². The van der Waals surface area contributed by atoms with Gasteiger partial charge in [-0.1, -0.05) is 31.1 Å². The molecule has 0 spiro atoms. The second-order valence-corrected chi connectivity index (χ2v) is 10.1. The van der Waals surface area contributed by atoms with Gasteiger partial charge in [-0.05, 0) is 56.9 Å². The first-order chi connectivity index (χ1) is 14.1. The minimum Gasteiger partial charge on any atom is -0.469 e. The summed E-state index contributed by atoms with van der Waals surface area (Å²) in [5, 5.41) is 11.4. The van der Waals surface area contributed by atoms with Crippen molar-refractivity contribution in [3.8, 4) is 0 Å². The van der Waals surface area contributed by atoms with Crippen LogP contribution < -0.4 is 0 Å². The van der Waals surface area contributed by atoms with Crippen LogP contribution in [-0.4, -0.2) is 42.1 Å². The number of aliphatic hydroxyl groups excluding tert-OH is 1. The third-order valence-corrected chi connectivity index (χ3v) is 8.75. The third kappa shape index (κ3) is 2.75. The Labute approximate surface area is 177 Å². The topological polar surface area (TPSA) is 89.9 Å². The number of rotatable bonds is 4. The highest BCUT2D eigenvalue weighted by Gasteiger charge is 2.71. The molecule has 0 aromatic carbocycles. The lowest BCUT2D eigenvalue weighted by molar-refractivity contribution is -0.177. The molecule has 4 rings (SSSR count). The summed E-state index contributed by atoms with van der Waals surface area (Å²) in [5.74, 6) is -1.74. The van der Waals surface area contributed by atoms with Crippen molar-refractivity contribution < 1.29 is 29.0 Å². The van der Waals surface area contributed by atoms with Gasteiger partial charge in [0.2, 0.25) is 0 Å². The summed E-state index contributed by atoms with van der Waals surface area (Å²) in [5.41, 5.74) is 0.644. The van der Waals surface area contributed by atoms with E-state index in [1.807, 2.05) is 6.92 Å². The second-order valence-electron chi connectivity index (χ2n) is 10.1. The highest BCUT2D eigenvalue weighted by Crippen LogP contribution is 2.63. The van der Waals surface area contributed by atoms with E-state index in [1.54, 1.807) is 13.0 Å². The lowest BCUT2D eigenvalue weighted by Gasteiger charge is -2.55. The van der Waals surface area contributed by atoms with Gasteiger partial charge in [-0.2, -0.15) is 0 Å². The van der Waals surface area contributed by atoms with Crippen molar-refractivity contribution in [1.29, 1.82) is 0 Å². The number of hydrogen-bond acceptors (Lipinski definition) is 6. The van der Waals surface area contributed by atoms with Crippen molar-refractivity contribution in [2.45, 2.75) is 65.6 Å². The first-order valence-electron chi connectivity index (χ1n) is 10.9. The van der Waals surface area contributed by atoms with E-state index in [4.69, 9.17) is 9.47 Å². The molecular weight excluding hydrogens is 384 g/mol. The molecule has 30 heavy (non-hydrogen) atoms. The molecule has 1 heterocycles. The van der Waals surface area contributed by atoms with Gasteiger partial charge in [0.15, 0.2) is 5.78 Å². The van der Waals surface area contributed by atoms with Crippen LogP contribution in [0.4, 0.5) is 0 Å². The van der Waals surface area contributed by atoms with Crippen LogP contribution in [0.1, 0.15) is 53.4 Å².